The van der Waals surface area contributed by atoms with Gasteiger partial charge in [-0.3, -0.25) is 0 Å². The van der Waals surface area contributed by atoms with Crippen molar-refractivity contribution < 1.29 is 14.3 Å². The van der Waals surface area contributed by atoms with Crippen LogP contribution in [0.4, 0.5) is 5.69 Å². The number of esters is 1. The average Bonchev–Trinajstić information content (AvgIpc) is 2.39. The zero-order valence-corrected chi connectivity index (χ0v) is 11.2. The molecule has 2 N–H and O–H groups in total. The Hall–Kier alpha value is -1.66. The smallest absolute Gasteiger partial charge is 0.339 e. The fraction of sp³-hybridized carbons (Fsp3) is 0.333. The van der Waals surface area contributed by atoms with Gasteiger partial charge in [-0.2, -0.15) is 0 Å². The number of thiocarbonyl (C=S) groups is 1. The van der Waals surface area contributed by atoms with Gasteiger partial charge in [-0.05, 0) is 24.4 Å². The van der Waals surface area contributed by atoms with E-state index in [4.69, 9.17) is 21.7 Å². The van der Waals surface area contributed by atoms with Crippen LogP contribution in [-0.4, -0.2) is 38.5 Å². The number of methoxy groups -OCH3 is 2. The molecule has 0 atom stereocenters. The van der Waals surface area contributed by atoms with Crippen LogP contribution in [0.25, 0.3) is 0 Å². The molecule has 1 rings (SSSR count). The first-order chi connectivity index (χ1) is 8.69. The molecule has 0 amide bonds. The topological polar surface area (TPSA) is 59.6 Å². The summed E-state index contributed by atoms with van der Waals surface area (Å²) >= 11 is 5.10. The first-order valence-corrected chi connectivity index (χ1v) is 5.81. The maximum atomic E-state index is 11.5. The summed E-state index contributed by atoms with van der Waals surface area (Å²) in [5, 5.41) is 6.34. The minimum atomic E-state index is -0.405. The summed E-state index contributed by atoms with van der Waals surface area (Å²) in [6, 6.07) is 7.01. The van der Waals surface area contributed by atoms with Gasteiger partial charge < -0.3 is 20.1 Å². The Morgan fingerprint density at radius 2 is 2.06 bits per heavy atom. The maximum absolute atomic E-state index is 11.5. The first kappa shape index (κ1) is 14.4. The number of para-hydroxylation sites is 1. The first-order valence-electron chi connectivity index (χ1n) is 5.40. The maximum Gasteiger partial charge on any atom is 0.339 e. The zero-order chi connectivity index (χ0) is 13.4. The standard InChI is InChI=1S/C12H16N2O3S/c1-16-8-7-13-12(18)14-10-6-4-3-5-9(10)11(15)17-2/h3-6H,7-8H2,1-2H3,(H2,13,14,18). The van der Waals surface area contributed by atoms with Gasteiger partial charge in [0.05, 0.1) is 25.0 Å². The third kappa shape index (κ3) is 4.31. The van der Waals surface area contributed by atoms with Gasteiger partial charge in [0, 0.05) is 13.7 Å². The fourth-order valence-corrected chi connectivity index (χ4v) is 1.53. The highest BCUT2D eigenvalue weighted by atomic mass is 32.1. The van der Waals surface area contributed by atoms with E-state index in [1.807, 2.05) is 6.07 Å². The van der Waals surface area contributed by atoms with Crippen molar-refractivity contribution in [2.75, 3.05) is 32.7 Å². The Balaban J connectivity index is 2.66. The second-order valence-electron chi connectivity index (χ2n) is 3.41. The van der Waals surface area contributed by atoms with Crippen molar-refractivity contribution in [2.45, 2.75) is 0 Å². The molecule has 0 fully saturated rings. The quantitative estimate of drug-likeness (QED) is 0.478. The Labute approximate surface area is 111 Å². The molecule has 0 aliphatic rings. The molecule has 0 aliphatic carbocycles. The van der Waals surface area contributed by atoms with Gasteiger partial charge in [0.2, 0.25) is 0 Å². The van der Waals surface area contributed by atoms with E-state index >= 15 is 0 Å². The van der Waals surface area contributed by atoms with Crippen LogP contribution in [0.1, 0.15) is 10.4 Å². The predicted molar refractivity (Wildman–Crippen MR) is 73.9 cm³/mol. The highest BCUT2D eigenvalue weighted by Crippen LogP contribution is 2.15. The van der Waals surface area contributed by atoms with Crippen LogP contribution in [0.3, 0.4) is 0 Å². The molecule has 0 unspecified atom stereocenters. The molecule has 0 radical (unpaired) electrons. The van der Waals surface area contributed by atoms with Gasteiger partial charge in [0.1, 0.15) is 0 Å². The molecule has 98 valence electrons. The highest BCUT2D eigenvalue weighted by Gasteiger charge is 2.11. The van der Waals surface area contributed by atoms with Crippen molar-refractivity contribution in [3.8, 4) is 0 Å². The summed E-state index contributed by atoms with van der Waals surface area (Å²) in [5.41, 5.74) is 1.05. The van der Waals surface area contributed by atoms with Gasteiger partial charge in [0.25, 0.3) is 0 Å². The summed E-state index contributed by atoms with van der Waals surface area (Å²) in [5.74, 6) is -0.405. The minimum absolute atomic E-state index is 0.405. The van der Waals surface area contributed by atoms with Crippen LogP contribution in [0, 0.1) is 0 Å². The number of anilines is 1. The van der Waals surface area contributed by atoms with E-state index in [2.05, 4.69) is 10.6 Å². The fourth-order valence-electron chi connectivity index (χ4n) is 1.31. The number of ether oxygens (including phenoxy) is 2. The van der Waals surface area contributed by atoms with E-state index < -0.39 is 5.97 Å². The zero-order valence-electron chi connectivity index (χ0n) is 10.4. The van der Waals surface area contributed by atoms with Gasteiger partial charge in [0.15, 0.2) is 5.11 Å². The number of hydrogen-bond donors (Lipinski definition) is 2. The van der Waals surface area contributed by atoms with Crippen molar-refractivity contribution >= 4 is 29.0 Å². The van der Waals surface area contributed by atoms with Crippen LogP contribution < -0.4 is 10.6 Å². The molecule has 6 heteroatoms. The Morgan fingerprint density at radius 3 is 2.72 bits per heavy atom. The molecule has 0 saturated heterocycles. The van der Waals surface area contributed by atoms with E-state index in [1.165, 1.54) is 7.11 Å². The number of hydrogen-bond acceptors (Lipinski definition) is 4. The molecule has 1 aromatic carbocycles. The van der Waals surface area contributed by atoms with Crippen LogP contribution in [0.15, 0.2) is 24.3 Å². The van der Waals surface area contributed by atoms with Crippen molar-refractivity contribution in [3.63, 3.8) is 0 Å². The minimum Gasteiger partial charge on any atom is -0.465 e. The van der Waals surface area contributed by atoms with E-state index in [0.717, 1.165) is 0 Å². The number of carbonyl (C=O) groups is 1. The van der Waals surface area contributed by atoms with Crippen molar-refractivity contribution in [2.24, 2.45) is 0 Å². The molecule has 0 spiro atoms. The van der Waals surface area contributed by atoms with Crippen molar-refractivity contribution in [1.82, 2.24) is 5.32 Å². The van der Waals surface area contributed by atoms with E-state index in [9.17, 15) is 4.79 Å². The SMILES string of the molecule is COCCNC(=S)Nc1ccccc1C(=O)OC. The molecule has 0 saturated carbocycles. The van der Waals surface area contributed by atoms with Crippen molar-refractivity contribution in [1.29, 1.82) is 0 Å². The lowest BCUT2D eigenvalue weighted by atomic mass is 10.2. The number of carbonyl (C=O) groups excluding carboxylic acids is 1. The van der Waals surface area contributed by atoms with Crippen LogP contribution in [-0.2, 0) is 9.47 Å². The number of benzene rings is 1. The Morgan fingerprint density at radius 1 is 1.33 bits per heavy atom. The Kier molecular flexibility index (Phi) is 6.10. The lowest BCUT2D eigenvalue weighted by Crippen LogP contribution is -2.31. The Bertz CT molecular complexity index is 424. The van der Waals surface area contributed by atoms with Gasteiger partial charge in [-0.15, -0.1) is 0 Å². The summed E-state index contributed by atoms with van der Waals surface area (Å²) < 4.78 is 9.59. The molecule has 0 aromatic heterocycles. The molecular weight excluding hydrogens is 252 g/mol. The average molecular weight is 268 g/mol. The lowest BCUT2D eigenvalue weighted by Gasteiger charge is -2.12. The normalized spacial score (nSPS) is 9.67. The predicted octanol–water partition coefficient (Wildman–Crippen LogP) is 1.41. The van der Waals surface area contributed by atoms with Gasteiger partial charge >= 0.3 is 5.97 Å². The molecule has 0 bridgehead atoms. The molecule has 0 aliphatic heterocycles. The second-order valence-corrected chi connectivity index (χ2v) is 3.82. The molecule has 1 aromatic rings. The monoisotopic (exact) mass is 268 g/mol. The third-order valence-corrected chi connectivity index (χ3v) is 2.42. The van der Waals surface area contributed by atoms with E-state index in [0.29, 0.717) is 29.5 Å². The van der Waals surface area contributed by atoms with E-state index in [1.54, 1.807) is 25.3 Å². The second kappa shape index (κ2) is 7.62. The number of rotatable bonds is 5. The molecule has 18 heavy (non-hydrogen) atoms. The third-order valence-electron chi connectivity index (χ3n) is 2.17. The molecular formula is C12H16N2O3S. The summed E-state index contributed by atoms with van der Waals surface area (Å²) in [7, 11) is 2.96. The van der Waals surface area contributed by atoms with Gasteiger partial charge in [-0.25, -0.2) is 4.79 Å². The van der Waals surface area contributed by atoms with Gasteiger partial charge in [-0.1, -0.05) is 12.1 Å². The van der Waals surface area contributed by atoms with Crippen molar-refractivity contribution in [3.05, 3.63) is 29.8 Å². The number of nitrogens with one attached hydrogen (secondary N) is 2. The lowest BCUT2D eigenvalue weighted by molar-refractivity contribution is 0.0602. The van der Waals surface area contributed by atoms with Crippen LogP contribution in [0.5, 0.6) is 0 Å². The summed E-state index contributed by atoms with van der Waals surface area (Å²) in [4.78, 5) is 11.5. The highest BCUT2D eigenvalue weighted by molar-refractivity contribution is 7.80. The summed E-state index contributed by atoms with van der Waals surface area (Å²) in [6.45, 7) is 1.16. The molecule has 0 heterocycles. The van der Waals surface area contributed by atoms with E-state index in [-0.39, 0.29) is 0 Å². The summed E-state index contributed by atoms with van der Waals surface area (Å²) in [6.07, 6.45) is 0. The molecule has 5 nitrogen and oxygen atoms in total. The largest absolute Gasteiger partial charge is 0.465 e. The van der Waals surface area contributed by atoms with Crippen LogP contribution >= 0.6 is 12.2 Å². The van der Waals surface area contributed by atoms with Crippen LogP contribution in [0.2, 0.25) is 0 Å².